The van der Waals surface area contributed by atoms with Crippen molar-refractivity contribution in [2.45, 2.75) is 13.1 Å². The zero-order valence-electron chi connectivity index (χ0n) is 9.97. The molecule has 2 aromatic rings. The van der Waals surface area contributed by atoms with Gasteiger partial charge in [0.25, 0.3) is 0 Å². The van der Waals surface area contributed by atoms with Crippen LogP contribution in [0.25, 0.3) is 0 Å². The first-order chi connectivity index (χ1) is 8.75. The lowest BCUT2D eigenvalue weighted by atomic mass is 10.1. The normalized spacial score (nSPS) is 10.2. The molecule has 0 bridgehead atoms. The van der Waals surface area contributed by atoms with Crippen LogP contribution in [0.1, 0.15) is 21.5 Å². The van der Waals surface area contributed by atoms with E-state index in [-0.39, 0.29) is 0 Å². The van der Waals surface area contributed by atoms with E-state index in [0.717, 1.165) is 18.7 Å². The van der Waals surface area contributed by atoms with Crippen molar-refractivity contribution in [1.29, 1.82) is 0 Å². The third kappa shape index (κ3) is 3.43. The first-order valence-corrected chi connectivity index (χ1v) is 5.82. The van der Waals surface area contributed by atoms with Crippen molar-refractivity contribution < 1.29 is 9.90 Å². The third-order valence-electron chi connectivity index (χ3n) is 2.70. The Morgan fingerprint density at radius 3 is 2.00 bits per heavy atom. The molecule has 0 amide bonds. The SMILES string of the molecule is O=C(O)c1ccc(CNCc2ccccc2)cc1. The van der Waals surface area contributed by atoms with E-state index in [1.54, 1.807) is 12.1 Å². The second-order valence-electron chi connectivity index (χ2n) is 4.09. The Morgan fingerprint density at radius 1 is 0.889 bits per heavy atom. The lowest BCUT2D eigenvalue weighted by Gasteiger charge is -2.05. The topological polar surface area (TPSA) is 49.3 Å². The molecule has 92 valence electrons. The van der Waals surface area contributed by atoms with E-state index in [9.17, 15) is 4.79 Å². The maximum atomic E-state index is 10.7. The monoisotopic (exact) mass is 241 g/mol. The summed E-state index contributed by atoms with van der Waals surface area (Å²) < 4.78 is 0. The number of nitrogens with one attached hydrogen (secondary N) is 1. The number of aromatic carboxylic acids is 1. The Balaban J connectivity index is 1.85. The van der Waals surface area contributed by atoms with Gasteiger partial charge in [-0.05, 0) is 23.3 Å². The van der Waals surface area contributed by atoms with Gasteiger partial charge >= 0.3 is 5.97 Å². The van der Waals surface area contributed by atoms with Gasteiger partial charge < -0.3 is 10.4 Å². The quantitative estimate of drug-likeness (QED) is 0.846. The number of hydrogen-bond acceptors (Lipinski definition) is 2. The average molecular weight is 241 g/mol. The minimum absolute atomic E-state index is 0.321. The van der Waals surface area contributed by atoms with Crippen LogP contribution in [0.5, 0.6) is 0 Å². The van der Waals surface area contributed by atoms with E-state index in [2.05, 4.69) is 17.4 Å². The highest BCUT2D eigenvalue weighted by molar-refractivity contribution is 5.87. The molecule has 0 saturated carbocycles. The number of carboxylic acids is 1. The summed E-state index contributed by atoms with van der Waals surface area (Å²) in [7, 11) is 0. The number of hydrogen-bond donors (Lipinski definition) is 2. The van der Waals surface area contributed by atoms with E-state index in [1.165, 1.54) is 5.56 Å². The summed E-state index contributed by atoms with van der Waals surface area (Å²) >= 11 is 0. The molecular formula is C15H15NO2. The molecule has 0 atom stereocenters. The van der Waals surface area contributed by atoms with E-state index in [0.29, 0.717) is 5.56 Å². The predicted molar refractivity (Wildman–Crippen MR) is 70.4 cm³/mol. The minimum Gasteiger partial charge on any atom is -0.478 e. The fourth-order valence-corrected chi connectivity index (χ4v) is 1.71. The Hall–Kier alpha value is -2.13. The third-order valence-corrected chi connectivity index (χ3v) is 2.70. The van der Waals surface area contributed by atoms with Gasteiger partial charge in [0.15, 0.2) is 0 Å². The fourth-order valence-electron chi connectivity index (χ4n) is 1.71. The number of rotatable bonds is 5. The van der Waals surface area contributed by atoms with Gasteiger partial charge in [0.1, 0.15) is 0 Å². The van der Waals surface area contributed by atoms with E-state index >= 15 is 0 Å². The van der Waals surface area contributed by atoms with Crippen molar-refractivity contribution in [2.75, 3.05) is 0 Å². The summed E-state index contributed by atoms with van der Waals surface area (Å²) in [6, 6.07) is 17.1. The Kier molecular flexibility index (Phi) is 4.10. The van der Waals surface area contributed by atoms with E-state index < -0.39 is 5.97 Å². The van der Waals surface area contributed by atoms with Crippen molar-refractivity contribution in [3.63, 3.8) is 0 Å². The highest BCUT2D eigenvalue weighted by Gasteiger charge is 2.01. The average Bonchev–Trinajstić information content (AvgIpc) is 2.40. The van der Waals surface area contributed by atoms with Gasteiger partial charge in [-0.25, -0.2) is 4.79 Å². The molecule has 0 saturated heterocycles. The molecule has 2 rings (SSSR count). The Bertz CT molecular complexity index is 506. The fraction of sp³-hybridized carbons (Fsp3) is 0.133. The van der Waals surface area contributed by atoms with Gasteiger partial charge in [0.2, 0.25) is 0 Å². The maximum absolute atomic E-state index is 10.7. The zero-order valence-corrected chi connectivity index (χ0v) is 9.97. The highest BCUT2D eigenvalue weighted by Crippen LogP contribution is 2.05. The van der Waals surface area contributed by atoms with Crippen LogP contribution in [0, 0.1) is 0 Å². The second kappa shape index (κ2) is 5.98. The van der Waals surface area contributed by atoms with Gasteiger partial charge in [-0.3, -0.25) is 0 Å². The van der Waals surface area contributed by atoms with Gasteiger partial charge in [0, 0.05) is 13.1 Å². The molecule has 0 unspecified atom stereocenters. The van der Waals surface area contributed by atoms with Gasteiger partial charge in [-0.15, -0.1) is 0 Å². The Labute approximate surface area is 106 Å². The molecule has 0 aromatic heterocycles. The molecule has 2 N–H and O–H groups in total. The van der Waals surface area contributed by atoms with E-state index in [1.807, 2.05) is 30.3 Å². The van der Waals surface area contributed by atoms with Crippen molar-refractivity contribution >= 4 is 5.97 Å². The first kappa shape index (κ1) is 12.3. The van der Waals surface area contributed by atoms with Crippen LogP contribution in [0.4, 0.5) is 0 Å². The van der Waals surface area contributed by atoms with Crippen molar-refractivity contribution in [3.8, 4) is 0 Å². The Morgan fingerprint density at radius 2 is 1.44 bits per heavy atom. The van der Waals surface area contributed by atoms with Crippen molar-refractivity contribution in [1.82, 2.24) is 5.32 Å². The zero-order chi connectivity index (χ0) is 12.8. The van der Waals surface area contributed by atoms with Crippen LogP contribution < -0.4 is 5.32 Å². The smallest absolute Gasteiger partial charge is 0.335 e. The lowest BCUT2D eigenvalue weighted by Crippen LogP contribution is -2.12. The molecule has 18 heavy (non-hydrogen) atoms. The number of carboxylic acid groups (broad SMARTS) is 1. The van der Waals surface area contributed by atoms with Crippen LogP contribution >= 0.6 is 0 Å². The summed E-state index contributed by atoms with van der Waals surface area (Å²) in [6.45, 7) is 1.54. The number of benzene rings is 2. The van der Waals surface area contributed by atoms with Crippen LogP contribution in [0.2, 0.25) is 0 Å². The van der Waals surface area contributed by atoms with Gasteiger partial charge in [-0.1, -0.05) is 42.5 Å². The summed E-state index contributed by atoms with van der Waals surface area (Å²) in [5.41, 5.74) is 2.64. The molecule has 3 nitrogen and oxygen atoms in total. The van der Waals surface area contributed by atoms with Gasteiger partial charge in [-0.2, -0.15) is 0 Å². The lowest BCUT2D eigenvalue weighted by molar-refractivity contribution is 0.0697. The molecule has 0 aliphatic carbocycles. The molecule has 0 aliphatic heterocycles. The van der Waals surface area contributed by atoms with Gasteiger partial charge in [0.05, 0.1) is 5.56 Å². The molecule has 0 radical (unpaired) electrons. The van der Waals surface area contributed by atoms with Crippen molar-refractivity contribution in [2.24, 2.45) is 0 Å². The summed E-state index contributed by atoms with van der Waals surface area (Å²) in [6.07, 6.45) is 0. The van der Waals surface area contributed by atoms with E-state index in [4.69, 9.17) is 5.11 Å². The molecule has 0 spiro atoms. The largest absolute Gasteiger partial charge is 0.478 e. The standard InChI is InChI=1S/C15H15NO2/c17-15(18)14-8-6-13(7-9-14)11-16-10-12-4-2-1-3-5-12/h1-9,16H,10-11H2,(H,17,18). The van der Waals surface area contributed by atoms with Crippen molar-refractivity contribution in [3.05, 3.63) is 71.3 Å². The molecular weight excluding hydrogens is 226 g/mol. The first-order valence-electron chi connectivity index (χ1n) is 5.82. The number of carbonyl (C=O) groups is 1. The van der Waals surface area contributed by atoms with Crippen LogP contribution in [-0.2, 0) is 13.1 Å². The van der Waals surface area contributed by atoms with Crippen LogP contribution in [0.3, 0.4) is 0 Å². The second-order valence-corrected chi connectivity index (χ2v) is 4.09. The minimum atomic E-state index is -0.890. The summed E-state index contributed by atoms with van der Waals surface area (Å²) in [5.74, 6) is -0.890. The molecule has 0 heterocycles. The predicted octanol–water partition coefficient (Wildman–Crippen LogP) is 2.67. The molecule has 3 heteroatoms. The molecule has 2 aromatic carbocycles. The maximum Gasteiger partial charge on any atom is 0.335 e. The summed E-state index contributed by atoms with van der Waals surface area (Å²) in [5, 5.41) is 12.1. The highest BCUT2D eigenvalue weighted by atomic mass is 16.4. The summed E-state index contributed by atoms with van der Waals surface area (Å²) in [4.78, 5) is 10.7. The molecule has 0 aliphatic rings. The van der Waals surface area contributed by atoms with Crippen LogP contribution in [-0.4, -0.2) is 11.1 Å². The molecule has 0 fully saturated rings. The van der Waals surface area contributed by atoms with Crippen LogP contribution in [0.15, 0.2) is 54.6 Å².